The second kappa shape index (κ2) is 5.71. The Hall–Kier alpha value is 0.0969. The molecule has 0 aliphatic heterocycles. The molecule has 0 aromatic rings. The Kier molecular flexibility index (Phi) is 5.76. The van der Waals surface area contributed by atoms with Crippen LogP contribution in [0.3, 0.4) is 0 Å². The summed E-state index contributed by atoms with van der Waals surface area (Å²) < 4.78 is 10.4. The highest BCUT2D eigenvalue weighted by Gasteiger charge is 2.16. The van der Waals surface area contributed by atoms with Gasteiger partial charge in [-0.25, -0.2) is 0 Å². The van der Waals surface area contributed by atoms with E-state index in [1.165, 1.54) is 0 Å². The van der Waals surface area contributed by atoms with Crippen LogP contribution in [0.1, 0.15) is 13.8 Å². The van der Waals surface area contributed by atoms with Gasteiger partial charge in [-0.15, -0.1) is 0 Å². The largest absolute Gasteiger partial charge is 0.400 e. The fourth-order valence-electron chi connectivity index (χ4n) is 0.807. The molecule has 0 aromatic heterocycles. The zero-order valence-corrected chi connectivity index (χ0v) is 8.99. The molecule has 2 N–H and O–H groups in total. The SMILES string of the molecule is CO[SiH](CC(C)C(C)N)OC. The Bertz CT molecular complexity index is 96.4. The molecular formula is C7H19NO2Si. The molecule has 0 radical (unpaired) electrons. The van der Waals surface area contributed by atoms with E-state index >= 15 is 0 Å². The van der Waals surface area contributed by atoms with Crippen LogP contribution in [-0.2, 0) is 8.85 Å². The van der Waals surface area contributed by atoms with Gasteiger partial charge in [0.15, 0.2) is 0 Å². The van der Waals surface area contributed by atoms with Crippen molar-refractivity contribution in [1.82, 2.24) is 0 Å². The lowest BCUT2D eigenvalue weighted by molar-refractivity contribution is 0.268. The van der Waals surface area contributed by atoms with E-state index < -0.39 is 9.28 Å². The zero-order valence-electron chi connectivity index (χ0n) is 7.83. The van der Waals surface area contributed by atoms with Crippen LogP contribution >= 0.6 is 0 Å². The van der Waals surface area contributed by atoms with Crippen LogP contribution < -0.4 is 5.73 Å². The molecule has 0 bridgehead atoms. The maximum atomic E-state index is 5.70. The van der Waals surface area contributed by atoms with E-state index in [0.717, 1.165) is 6.04 Å². The first-order chi connectivity index (χ1) is 5.11. The number of hydrogen-bond donors (Lipinski definition) is 1. The Morgan fingerprint density at radius 1 is 1.27 bits per heavy atom. The van der Waals surface area contributed by atoms with Crippen LogP contribution in [0.5, 0.6) is 0 Å². The van der Waals surface area contributed by atoms with Crippen LogP contribution in [0.4, 0.5) is 0 Å². The molecule has 4 heteroatoms. The van der Waals surface area contributed by atoms with Gasteiger partial charge < -0.3 is 14.6 Å². The fraction of sp³-hybridized carbons (Fsp3) is 1.00. The van der Waals surface area contributed by atoms with Gasteiger partial charge in [0.25, 0.3) is 0 Å². The van der Waals surface area contributed by atoms with E-state index in [9.17, 15) is 0 Å². The van der Waals surface area contributed by atoms with Gasteiger partial charge in [-0.1, -0.05) is 6.92 Å². The fourth-order valence-corrected chi connectivity index (χ4v) is 2.42. The second-order valence-electron chi connectivity index (χ2n) is 2.97. The highest BCUT2D eigenvalue weighted by Crippen LogP contribution is 2.10. The minimum atomic E-state index is -1.39. The van der Waals surface area contributed by atoms with Gasteiger partial charge >= 0.3 is 9.28 Å². The molecule has 3 nitrogen and oxygen atoms in total. The number of nitrogens with two attached hydrogens (primary N) is 1. The first-order valence-electron chi connectivity index (χ1n) is 3.93. The molecule has 0 aliphatic rings. The third-order valence-corrected chi connectivity index (χ3v) is 4.17. The summed E-state index contributed by atoms with van der Waals surface area (Å²) in [5, 5.41) is 0. The van der Waals surface area contributed by atoms with E-state index in [2.05, 4.69) is 6.92 Å². The molecule has 11 heavy (non-hydrogen) atoms. The summed E-state index contributed by atoms with van der Waals surface area (Å²) in [7, 11) is 2.02. The Morgan fingerprint density at radius 3 is 2.00 bits per heavy atom. The first-order valence-corrected chi connectivity index (χ1v) is 5.69. The van der Waals surface area contributed by atoms with Crippen LogP contribution in [0, 0.1) is 5.92 Å². The van der Waals surface area contributed by atoms with Crippen molar-refractivity contribution in [2.75, 3.05) is 14.2 Å². The van der Waals surface area contributed by atoms with Crippen LogP contribution in [0.25, 0.3) is 0 Å². The first kappa shape index (κ1) is 11.1. The van der Waals surface area contributed by atoms with Crippen molar-refractivity contribution in [2.24, 2.45) is 11.7 Å². The monoisotopic (exact) mass is 177 g/mol. The van der Waals surface area contributed by atoms with E-state index in [4.69, 9.17) is 14.6 Å². The van der Waals surface area contributed by atoms with Gasteiger partial charge in [0.05, 0.1) is 0 Å². The Labute approximate surface area is 70.7 Å². The average Bonchev–Trinajstić information content (AvgIpc) is 1.99. The molecule has 0 heterocycles. The second-order valence-corrected chi connectivity index (χ2v) is 5.25. The maximum Gasteiger partial charge on any atom is 0.321 e. The summed E-state index contributed by atoms with van der Waals surface area (Å²) in [6, 6.07) is 1.22. The van der Waals surface area contributed by atoms with Gasteiger partial charge in [0.2, 0.25) is 0 Å². The highest BCUT2D eigenvalue weighted by atomic mass is 28.3. The summed E-state index contributed by atoms with van der Waals surface area (Å²) in [6.07, 6.45) is 0. The predicted molar refractivity (Wildman–Crippen MR) is 48.8 cm³/mol. The molecule has 0 rings (SSSR count). The molecule has 0 fully saturated rings. The van der Waals surface area contributed by atoms with Gasteiger partial charge in [0.1, 0.15) is 0 Å². The van der Waals surface area contributed by atoms with Crippen molar-refractivity contribution in [3.8, 4) is 0 Å². The summed E-state index contributed by atoms with van der Waals surface area (Å²) in [5.74, 6) is 0.492. The molecule has 0 amide bonds. The normalized spacial score (nSPS) is 16.9. The van der Waals surface area contributed by atoms with Gasteiger partial charge in [-0.05, 0) is 18.9 Å². The third-order valence-electron chi connectivity index (χ3n) is 1.99. The van der Waals surface area contributed by atoms with Crippen molar-refractivity contribution in [3.63, 3.8) is 0 Å². The molecule has 0 aromatic carbocycles. The standard InChI is InChI=1S/C7H19NO2Si/c1-6(7(2)8)5-11(9-3)10-4/h6-7,11H,5,8H2,1-4H3. The van der Waals surface area contributed by atoms with E-state index in [1.54, 1.807) is 14.2 Å². The van der Waals surface area contributed by atoms with Gasteiger partial charge in [-0.3, -0.25) is 0 Å². The van der Waals surface area contributed by atoms with Crippen molar-refractivity contribution in [1.29, 1.82) is 0 Å². The lowest BCUT2D eigenvalue weighted by Crippen LogP contribution is -2.30. The summed E-state index contributed by atoms with van der Waals surface area (Å²) in [6.45, 7) is 4.14. The minimum absolute atomic E-state index is 0.232. The molecular weight excluding hydrogens is 158 g/mol. The van der Waals surface area contributed by atoms with Crippen molar-refractivity contribution in [2.45, 2.75) is 25.9 Å². The average molecular weight is 177 g/mol. The molecule has 0 aliphatic carbocycles. The molecule has 0 spiro atoms. The topological polar surface area (TPSA) is 44.5 Å². The summed E-state index contributed by atoms with van der Waals surface area (Å²) >= 11 is 0. The molecule has 2 unspecified atom stereocenters. The van der Waals surface area contributed by atoms with Crippen molar-refractivity contribution >= 4 is 9.28 Å². The van der Waals surface area contributed by atoms with Crippen LogP contribution in [0.15, 0.2) is 0 Å². The van der Waals surface area contributed by atoms with Crippen molar-refractivity contribution < 1.29 is 8.85 Å². The third kappa shape index (κ3) is 4.52. The van der Waals surface area contributed by atoms with Gasteiger partial charge in [0, 0.05) is 20.3 Å². The van der Waals surface area contributed by atoms with E-state index in [0.29, 0.717) is 5.92 Å². The smallest absolute Gasteiger partial charge is 0.321 e. The zero-order chi connectivity index (χ0) is 8.85. The van der Waals surface area contributed by atoms with E-state index in [-0.39, 0.29) is 6.04 Å². The molecule has 2 atom stereocenters. The lowest BCUT2D eigenvalue weighted by atomic mass is 10.1. The Balaban J connectivity index is 3.62. The predicted octanol–water partition coefficient (Wildman–Crippen LogP) is 0.483. The van der Waals surface area contributed by atoms with E-state index in [1.807, 2.05) is 6.92 Å². The quantitative estimate of drug-likeness (QED) is 0.621. The van der Waals surface area contributed by atoms with Crippen LogP contribution in [0.2, 0.25) is 6.04 Å². The maximum absolute atomic E-state index is 5.70. The van der Waals surface area contributed by atoms with Gasteiger partial charge in [-0.2, -0.15) is 0 Å². The molecule has 68 valence electrons. The van der Waals surface area contributed by atoms with Crippen molar-refractivity contribution in [3.05, 3.63) is 0 Å². The summed E-state index contributed by atoms with van der Waals surface area (Å²) in [4.78, 5) is 0. The molecule has 0 saturated carbocycles. The Morgan fingerprint density at radius 2 is 1.73 bits per heavy atom. The lowest BCUT2D eigenvalue weighted by Gasteiger charge is -2.19. The highest BCUT2D eigenvalue weighted by molar-refractivity contribution is 6.44. The van der Waals surface area contributed by atoms with Crippen LogP contribution in [-0.4, -0.2) is 29.5 Å². The number of hydrogen-bond acceptors (Lipinski definition) is 3. The summed E-state index contributed by atoms with van der Waals surface area (Å²) in [5.41, 5.74) is 5.70. The molecule has 0 saturated heterocycles. The number of rotatable bonds is 5. The minimum Gasteiger partial charge on any atom is -0.400 e.